The van der Waals surface area contributed by atoms with Gasteiger partial charge in [0.1, 0.15) is 5.75 Å². The van der Waals surface area contributed by atoms with E-state index in [9.17, 15) is 0 Å². The van der Waals surface area contributed by atoms with E-state index in [1.807, 2.05) is 12.1 Å². The van der Waals surface area contributed by atoms with Crippen LogP contribution >= 0.6 is 0 Å². The number of hydrogen-bond donors (Lipinski definition) is 0. The molecule has 16 heavy (non-hydrogen) atoms. The third-order valence-electron chi connectivity index (χ3n) is 2.86. The van der Waals surface area contributed by atoms with Gasteiger partial charge in [-0.25, -0.2) is 0 Å². The Morgan fingerprint density at radius 1 is 1.38 bits per heavy atom. The van der Waals surface area contributed by atoms with Gasteiger partial charge in [-0.05, 0) is 38.3 Å². The number of anilines is 1. The molecule has 0 aromatic heterocycles. The number of fused-ring (bicyclic) bond motifs is 1. The van der Waals surface area contributed by atoms with Crippen LogP contribution in [0, 0.1) is 0 Å². The van der Waals surface area contributed by atoms with Crippen molar-refractivity contribution < 1.29 is 4.74 Å². The average molecular weight is 217 g/mol. The molecule has 1 aromatic carbocycles. The second kappa shape index (κ2) is 5.06. The fourth-order valence-electron chi connectivity index (χ4n) is 1.97. The first-order valence-electron chi connectivity index (χ1n) is 5.88. The summed E-state index contributed by atoms with van der Waals surface area (Å²) in [4.78, 5) is 2.30. The van der Waals surface area contributed by atoms with Crippen LogP contribution in [-0.2, 0) is 0 Å². The standard InChI is InChI=1S/C14H19NO/c1-12(2)7-5-6-10-15-11-16-14-9-4-3-8-13(14)15/h3-4,8-9H,1,5-7,10-11H2,2H3. The Kier molecular flexibility index (Phi) is 3.50. The van der Waals surface area contributed by atoms with E-state index < -0.39 is 0 Å². The highest BCUT2D eigenvalue weighted by Gasteiger charge is 2.18. The molecule has 0 spiro atoms. The maximum atomic E-state index is 5.60. The smallest absolute Gasteiger partial charge is 0.161 e. The van der Waals surface area contributed by atoms with Crippen molar-refractivity contribution in [2.45, 2.75) is 26.2 Å². The van der Waals surface area contributed by atoms with Crippen molar-refractivity contribution in [3.63, 3.8) is 0 Å². The number of allylic oxidation sites excluding steroid dienone is 1. The highest BCUT2D eigenvalue weighted by molar-refractivity contribution is 5.60. The minimum atomic E-state index is 0.701. The van der Waals surface area contributed by atoms with E-state index in [-0.39, 0.29) is 0 Å². The summed E-state index contributed by atoms with van der Waals surface area (Å²) < 4.78 is 5.60. The molecule has 2 rings (SSSR count). The molecule has 2 nitrogen and oxygen atoms in total. The van der Waals surface area contributed by atoms with Gasteiger partial charge in [0.05, 0.1) is 5.69 Å². The highest BCUT2D eigenvalue weighted by Crippen LogP contribution is 2.33. The molecule has 1 aromatic rings. The monoisotopic (exact) mass is 217 g/mol. The van der Waals surface area contributed by atoms with Crippen molar-refractivity contribution in [3.8, 4) is 5.75 Å². The molecule has 0 bridgehead atoms. The summed E-state index contributed by atoms with van der Waals surface area (Å²) >= 11 is 0. The molecule has 1 aliphatic heterocycles. The molecular weight excluding hydrogens is 198 g/mol. The largest absolute Gasteiger partial charge is 0.471 e. The van der Waals surface area contributed by atoms with Crippen LogP contribution in [0.3, 0.4) is 0 Å². The number of unbranched alkanes of at least 4 members (excludes halogenated alkanes) is 1. The Morgan fingerprint density at radius 3 is 3.00 bits per heavy atom. The number of para-hydroxylation sites is 2. The zero-order valence-corrected chi connectivity index (χ0v) is 9.91. The van der Waals surface area contributed by atoms with Crippen molar-refractivity contribution in [3.05, 3.63) is 36.4 Å². The molecule has 2 heteroatoms. The third-order valence-corrected chi connectivity index (χ3v) is 2.86. The summed E-state index contributed by atoms with van der Waals surface area (Å²) in [5.41, 5.74) is 2.51. The Morgan fingerprint density at radius 2 is 2.19 bits per heavy atom. The Hall–Kier alpha value is -1.44. The van der Waals surface area contributed by atoms with Crippen molar-refractivity contribution in [2.24, 2.45) is 0 Å². The van der Waals surface area contributed by atoms with Gasteiger partial charge in [-0.2, -0.15) is 0 Å². The summed E-state index contributed by atoms with van der Waals surface area (Å²) in [5, 5.41) is 0. The van der Waals surface area contributed by atoms with Crippen LogP contribution in [0.1, 0.15) is 26.2 Å². The number of ether oxygens (including phenoxy) is 1. The van der Waals surface area contributed by atoms with E-state index in [4.69, 9.17) is 4.74 Å². The lowest BCUT2D eigenvalue weighted by Gasteiger charge is -2.16. The van der Waals surface area contributed by atoms with Gasteiger partial charge in [0.15, 0.2) is 6.73 Å². The van der Waals surface area contributed by atoms with Crippen molar-refractivity contribution in [2.75, 3.05) is 18.2 Å². The van der Waals surface area contributed by atoms with Crippen molar-refractivity contribution in [1.29, 1.82) is 0 Å². The molecule has 1 aliphatic rings. The predicted molar refractivity (Wildman–Crippen MR) is 67.9 cm³/mol. The topological polar surface area (TPSA) is 12.5 Å². The zero-order valence-electron chi connectivity index (χ0n) is 9.91. The second-order valence-corrected chi connectivity index (χ2v) is 4.42. The number of nitrogens with zero attached hydrogens (tertiary/aromatic N) is 1. The van der Waals surface area contributed by atoms with Crippen molar-refractivity contribution >= 4 is 5.69 Å². The maximum Gasteiger partial charge on any atom is 0.161 e. The first-order chi connectivity index (χ1) is 7.77. The predicted octanol–water partition coefficient (Wildman–Crippen LogP) is 3.59. The summed E-state index contributed by atoms with van der Waals surface area (Å²) in [6.45, 7) is 7.79. The Balaban J connectivity index is 1.82. The molecule has 0 unspecified atom stereocenters. The number of rotatable bonds is 5. The van der Waals surface area contributed by atoms with Crippen LogP contribution in [-0.4, -0.2) is 13.3 Å². The number of benzene rings is 1. The van der Waals surface area contributed by atoms with Crippen LogP contribution in [0.2, 0.25) is 0 Å². The third kappa shape index (κ3) is 2.57. The van der Waals surface area contributed by atoms with E-state index in [1.165, 1.54) is 24.1 Å². The van der Waals surface area contributed by atoms with Gasteiger partial charge in [0, 0.05) is 6.54 Å². The summed E-state index contributed by atoms with van der Waals surface area (Å²) in [6.07, 6.45) is 3.55. The zero-order chi connectivity index (χ0) is 11.4. The van der Waals surface area contributed by atoms with Crippen LogP contribution in [0.15, 0.2) is 36.4 Å². The Labute approximate surface area is 97.5 Å². The first kappa shape index (κ1) is 11.1. The SMILES string of the molecule is C=C(C)CCCCN1COc2ccccc21. The van der Waals surface area contributed by atoms with E-state index in [1.54, 1.807) is 0 Å². The molecule has 0 aliphatic carbocycles. The van der Waals surface area contributed by atoms with Crippen LogP contribution in [0.4, 0.5) is 5.69 Å². The van der Waals surface area contributed by atoms with Gasteiger partial charge in [0.25, 0.3) is 0 Å². The molecule has 0 amide bonds. The Bertz CT molecular complexity index is 373. The normalized spacial score (nSPS) is 13.4. The van der Waals surface area contributed by atoms with Gasteiger partial charge < -0.3 is 9.64 Å². The molecule has 0 N–H and O–H groups in total. The molecule has 0 saturated carbocycles. The minimum Gasteiger partial charge on any atom is -0.471 e. The van der Waals surface area contributed by atoms with Gasteiger partial charge in [0.2, 0.25) is 0 Å². The average Bonchev–Trinajstić information content (AvgIpc) is 2.68. The molecular formula is C14H19NO. The first-order valence-corrected chi connectivity index (χ1v) is 5.88. The van der Waals surface area contributed by atoms with Crippen LogP contribution in [0.25, 0.3) is 0 Å². The van der Waals surface area contributed by atoms with Gasteiger partial charge in [-0.1, -0.05) is 17.7 Å². The molecule has 1 heterocycles. The van der Waals surface area contributed by atoms with E-state index in [0.717, 1.165) is 18.7 Å². The highest BCUT2D eigenvalue weighted by atomic mass is 16.5. The summed E-state index contributed by atoms with van der Waals surface area (Å²) in [7, 11) is 0. The van der Waals surface area contributed by atoms with Gasteiger partial charge in [-0.3, -0.25) is 0 Å². The lowest BCUT2D eigenvalue weighted by molar-refractivity contribution is 0.345. The molecule has 0 fully saturated rings. The quantitative estimate of drug-likeness (QED) is 0.552. The number of hydrogen-bond acceptors (Lipinski definition) is 2. The lowest BCUT2D eigenvalue weighted by atomic mass is 10.1. The van der Waals surface area contributed by atoms with Crippen molar-refractivity contribution in [1.82, 2.24) is 0 Å². The molecule has 0 atom stereocenters. The van der Waals surface area contributed by atoms with Crippen LogP contribution in [0.5, 0.6) is 5.75 Å². The van der Waals surface area contributed by atoms with Gasteiger partial charge in [-0.15, -0.1) is 6.58 Å². The molecule has 86 valence electrons. The van der Waals surface area contributed by atoms with Crippen LogP contribution < -0.4 is 9.64 Å². The molecule has 0 saturated heterocycles. The fraction of sp³-hybridized carbons (Fsp3) is 0.429. The summed E-state index contributed by atoms with van der Waals surface area (Å²) in [6, 6.07) is 8.24. The van der Waals surface area contributed by atoms with E-state index in [0.29, 0.717) is 6.73 Å². The molecule has 0 radical (unpaired) electrons. The van der Waals surface area contributed by atoms with Gasteiger partial charge >= 0.3 is 0 Å². The van der Waals surface area contributed by atoms with E-state index >= 15 is 0 Å². The van der Waals surface area contributed by atoms with E-state index in [2.05, 4.69) is 30.5 Å². The second-order valence-electron chi connectivity index (χ2n) is 4.42. The fourth-order valence-corrected chi connectivity index (χ4v) is 1.97. The maximum absolute atomic E-state index is 5.60. The minimum absolute atomic E-state index is 0.701. The lowest BCUT2D eigenvalue weighted by Crippen LogP contribution is -2.23. The summed E-state index contributed by atoms with van der Waals surface area (Å²) in [5.74, 6) is 1.02.